The Labute approximate surface area is 88.0 Å². The van der Waals surface area contributed by atoms with Crippen molar-refractivity contribution in [3.05, 3.63) is 0 Å². The van der Waals surface area contributed by atoms with Crippen molar-refractivity contribution in [2.75, 3.05) is 7.11 Å². The van der Waals surface area contributed by atoms with E-state index in [2.05, 4.69) is 13.8 Å². The Morgan fingerprint density at radius 2 is 1.86 bits per heavy atom. The molecule has 2 nitrogen and oxygen atoms in total. The van der Waals surface area contributed by atoms with Gasteiger partial charge in [-0.05, 0) is 11.8 Å². The van der Waals surface area contributed by atoms with Gasteiger partial charge in [0.1, 0.15) is 6.10 Å². The molecule has 0 spiro atoms. The van der Waals surface area contributed by atoms with Crippen LogP contribution in [0.5, 0.6) is 0 Å². The third-order valence-corrected chi connectivity index (χ3v) is 2.51. The summed E-state index contributed by atoms with van der Waals surface area (Å²) in [6, 6.07) is 0. The maximum absolute atomic E-state index is 11.8. The van der Waals surface area contributed by atoms with Crippen LogP contribution < -0.4 is 0 Å². The number of Topliss-reactive ketones (excluding diaryl/α,β-unsaturated/α-hetero) is 1. The van der Waals surface area contributed by atoms with E-state index in [-0.39, 0.29) is 17.8 Å². The van der Waals surface area contributed by atoms with E-state index in [4.69, 9.17) is 4.74 Å². The van der Waals surface area contributed by atoms with Gasteiger partial charge in [0.15, 0.2) is 5.78 Å². The van der Waals surface area contributed by atoms with Crippen LogP contribution in [0, 0.1) is 11.8 Å². The van der Waals surface area contributed by atoms with Gasteiger partial charge in [-0.15, -0.1) is 0 Å². The van der Waals surface area contributed by atoms with Gasteiger partial charge >= 0.3 is 0 Å². The molecule has 14 heavy (non-hydrogen) atoms. The van der Waals surface area contributed by atoms with Gasteiger partial charge in [0.25, 0.3) is 0 Å². The molecule has 2 unspecified atom stereocenters. The highest BCUT2D eigenvalue weighted by molar-refractivity contribution is 5.83. The fraction of sp³-hybridized carbons (Fsp3) is 0.917. The van der Waals surface area contributed by atoms with Crippen LogP contribution in [-0.2, 0) is 9.53 Å². The van der Waals surface area contributed by atoms with Crippen molar-refractivity contribution >= 4 is 5.78 Å². The Kier molecular flexibility index (Phi) is 6.81. The molecule has 0 aromatic rings. The maximum Gasteiger partial charge on any atom is 0.162 e. The van der Waals surface area contributed by atoms with E-state index >= 15 is 0 Å². The fourth-order valence-electron chi connectivity index (χ4n) is 1.83. The molecule has 0 fully saturated rings. The first-order chi connectivity index (χ1) is 6.52. The summed E-state index contributed by atoms with van der Waals surface area (Å²) < 4.78 is 5.20. The van der Waals surface area contributed by atoms with Gasteiger partial charge in [0.05, 0.1) is 0 Å². The summed E-state index contributed by atoms with van der Waals surface area (Å²) >= 11 is 0. The van der Waals surface area contributed by atoms with Gasteiger partial charge in [-0.3, -0.25) is 4.79 Å². The molecular formula is C12H24O2. The van der Waals surface area contributed by atoms with E-state index in [0.717, 1.165) is 12.8 Å². The Morgan fingerprint density at radius 3 is 2.21 bits per heavy atom. The SMILES string of the molecule is CCCC(C)CC(=O)C(OC)C(C)C. The van der Waals surface area contributed by atoms with Gasteiger partial charge in [-0.2, -0.15) is 0 Å². The number of methoxy groups -OCH3 is 1. The smallest absolute Gasteiger partial charge is 0.162 e. The second kappa shape index (κ2) is 6.99. The maximum atomic E-state index is 11.8. The zero-order valence-electron chi connectivity index (χ0n) is 10.2. The first-order valence-electron chi connectivity index (χ1n) is 5.58. The molecule has 0 aromatic heterocycles. The van der Waals surface area contributed by atoms with Crippen molar-refractivity contribution in [2.45, 2.75) is 53.1 Å². The summed E-state index contributed by atoms with van der Waals surface area (Å²) in [6.07, 6.45) is 2.72. The number of ether oxygens (including phenoxy) is 1. The van der Waals surface area contributed by atoms with Crippen LogP contribution in [0.25, 0.3) is 0 Å². The van der Waals surface area contributed by atoms with Crippen molar-refractivity contribution < 1.29 is 9.53 Å². The first-order valence-corrected chi connectivity index (χ1v) is 5.58. The molecule has 0 bridgehead atoms. The van der Waals surface area contributed by atoms with Gasteiger partial charge in [-0.25, -0.2) is 0 Å². The molecule has 84 valence electrons. The van der Waals surface area contributed by atoms with Crippen LogP contribution in [-0.4, -0.2) is 19.0 Å². The lowest BCUT2D eigenvalue weighted by Gasteiger charge is -2.19. The Balaban J connectivity index is 4.04. The Hall–Kier alpha value is -0.370. The second-order valence-electron chi connectivity index (χ2n) is 4.46. The number of hydrogen-bond acceptors (Lipinski definition) is 2. The van der Waals surface area contributed by atoms with Gasteiger partial charge in [0, 0.05) is 13.5 Å². The predicted molar refractivity (Wildman–Crippen MR) is 59.3 cm³/mol. The lowest BCUT2D eigenvalue weighted by Crippen LogP contribution is -2.29. The molecule has 2 atom stereocenters. The van der Waals surface area contributed by atoms with Crippen molar-refractivity contribution in [3.63, 3.8) is 0 Å². The molecule has 0 heterocycles. The summed E-state index contributed by atoms with van der Waals surface area (Å²) in [4.78, 5) is 11.8. The van der Waals surface area contributed by atoms with Crippen LogP contribution >= 0.6 is 0 Å². The third kappa shape index (κ3) is 4.75. The fourth-order valence-corrected chi connectivity index (χ4v) is 1.83. The third-order valence-electron chi connectivity index (χ3n) is 2.51. The highest BCUT2D eigenvalue weighted by Crippen LogP contribution is 2.16. The van der Waals surface area contributed by atoms with Crippen LogP contribution in [0.15, 0.2) is 0 Å². The minimum atomic E-state index is -0.214. The molecule has 0 aromatic carbocycles. The van der Waals surface area contributed by atoms with Gasteiger partial charge in [-0.1, -0.05) is 40.5 Å². The molecule has 2 heteroatoms. The van der Waals surface area contributed by atoms with E-state index < -0.39 is 0 Å². The molecule has 0 N–H and O–H groups in total. The first kappa shape index (κ1) is 13.6. The largest absolute Gasteiger partial charge is 0.373 e. The minimum absolute atomic E-state index is 0.214. The summed E-state index contributed by atoms with van der Waals surface area (Å²) in [5.41, 5.74) is 0. The van der Waals surface area contributed by atoms with E-state index in [9.17, 15) is 4.79 Å². The van der Waals surface area contributed by atoms with Crippen molar-refractivity contribution in [1.29, 1.82) is 0 Å². The van der Waals surface area contributed by atoms with E-state index in [0.29, 0.717) is 12.3 Å². The summed E-state index contributed by atoms with van der Waals surface area (Å²) in [5.74, 6) is 1.02. The highest BCUT2D eigenvalue weighted by atomic mass is 16.5. The van der Waals surface area contributed by atoms with Gasteiger partial charge in [0.2, 0.25) is 0 Å². The average Bonchev–Trinajstić information content (AvgIpc) is 2.04. The number of carbonyl (C=O) groups is 1. The molecule has 0 aliphatic carbocycles. The van der Waals surface area contributed by atoms with Crippen LogP contribution in [0.4, 0.5) is 0 Å². The summed E-state index contributed by atoms with van der Waals surface area (Å²) in [7, 11) is 1.62. The lowest BCUT2D eigenvalue weighted by atomic mass is 9.93. The topological polar surface area (TPSA) is 26.3 Å². The number of carbonyl (C=O) groups excluding carboxylic acids is 1. The molecule has 0 aliphatic rings. The second-order valence-corrected chi connectivity index (χ2v) is 4.46. The number of hydrogen-bond donors (Lipinski definition) is 0. The molecular weight excluding hydrogens is 176 g/mol. The molecule has 0 saturated carbocycles. The molecule has 0 aliphatic heterocycles. The van der Waals surface area contributed by atoms with Crippen molar-refractivity contribution in [3.8, 4) is 0 Å². The lowest BCUT2D eigenvalue weighted by molar-refractivity contribution is -0.132. The summed E-state index contributed by atoms with van der Waals surface area (Å²) in [6.45, 7) is 8.33. The van der Waals surface area contributed by atoms with E-state index in [1.165, 1.54) is 0 Å². The van der Waals surface area contributed by atoms with E-state index in [1.807, 2.05) is 13.8 Å². The van der Waals surface area contributed by atoms with Crippen LogP contribution in [0.3, 0.4) is 0 Å². The zero-order chi connectivity index (χ0) is 11.1. The van der Waals surface area contributed by atoms with Crippen LogP contribution in [0.1, 0.15) is 47.0 Å². The minimum Gasteiger partial charge on any atom is -0.373 e. The Morgan fingerprint density at radius 1 is 1.29 bits per heavy atom. The van der Waals surface area contributed by atoms with Gasteiger partial charge < -0.3 is 4.74 Å². The normalized spacial score (nSPS) is 15.6. The number of rotatable bonds is 7. The predicted octanol–water partition coefficient (Wildman–Crippen LogP) is 3.05. The Bertz CT molecular complexity index is 164. The number of ketones is 1. The standard InChI is InChI=1S/C12H24O2/c1-6-7-10(4)8-11(13)12(14-5)9(2)3/h9-10,12H,6-8H2,1-5H3. The highest BCUT2D eigenvalue weighted by Gasteiger charge is 2.22. The zero-order valence-corrected chi connectivity index (χ0v) is 10.2. The van der Waals surface area contributed by atoms with Crippen molar-refractivity contribution in [2.24, 2.45) is 11.8 Å². The average molecular weight is 200 g/mol. The van der Waals surface area contributed by atoms with Crippen molar-refractivity contribution in [1.82, 2.24) is 0 Å². The molecule has 0 amide bonds. The van der Waals surface area contributed by atoms with E-state index in [1.54, 1.807) is 7.11 Å². The molecule has 0 radical (unpaired) electrons. The summed E-state index contributed by atoms with van der Waals surface area (Å²) in [5, 5.41) is 0. The monoisotopic (exact) mass is 200 g/mol. The quantitative estimate of drug-likeness (QED) is 0.631. The molecule has 0 rings (SSSR count). The van der Waals surface area contributed by atoms with Crippen LogP contribution in [0.2, 0.25) is 0 Å². The molecule has 0 saturated heterocycles.